The summed E-state index contributed by atoms with van der Waals surface area (Å²) in [7, 11) is -3.91. The van der Waals surface area contributed by atoms with Crippen LogP contribution in [0.15, 0.2) is 53.4 Å². The van der Waals surface area contributed by atoms with Crippen LogP contribution in [0.1, 0.15) is 26.3 Å². The van der Waals surface area contributed by atoms with Gasteiger partial charge >= 0.3 is 5.97 Å². The zero-order valence-electron chi connectivity index (χ0n) is 14.8. The fraction of sp³-hybridized carbons (Fsp3) is 0.316. The Kier molecular flexibility index (Phi) is 4.44. The van der Waals surface area contributed by atoms with Crippen LogP contribution in [0.25, 0.3) is 0 Å². The Hall–Kier alpha value is -2.54. The van der Waals surface area contributed by atoms with Crippen LogP contribution in [0.2, 0.25) is 0 Å². The highest BCUT2D eigenvalue weighted by atomic mass is 32.2. The third kappa shape index (κ3) is 3.26. The molecule has 2 aromatic carbocycles. The van der Waals surface area contributed by atoms with E-state index in [1.165, 1.54) is 12.1 Å². The summed E-state index contributed by atoms with van der Waals surface area (Å²) in [5, 5.41) is 9.36. The van der Waals surface area contributed by atoms with Crippen molar-refractivity contribution in [2.24, 2.45) is 0 Å². The summed E-state index contributed by atoms with van der Waals surface area (Å²) >= 11 is 0. The zero-order valence-corrected chi connectivity index (χ0v) is 15.7. The number of aliphatic carboxylic acids is 1. The van der Waals surface area contributed by atoms with Gasteiger partial charge in [-0.15, -0.1) is 0 Å². The maximum absolute atomic E-state index is 13.2. The first kappa shape index (κ1) is 18.3. The molecule has 1 aliphatic rings. The summed E-state index contributed by atoms with van der Waals surface area (Å²) in [4.78, 5) is 11.6. The molecule has 1 heterocycles. The number of ether oxygens (including phenoxy) is 1. The lowest BCUT2D eigenvalue weighted by Crippen LogP contribution is -2.47. The Balaban J connectivity index is 2.17. The Morgan fingerprint density at radius 2 is 1.81 bits per heavy atom. The molecular weight excluding hydrogens is 354 g/mol. The van der Waals surface area contributed by atoms with E-state index >= 15 is 0 Å². The molecule has 0 aromatic heterocycles. The molecule has 0 amide bonds. The predicted molar refractivity (Wildman–Crippen MR) is 98.2 cm³/mol. The van der Waals surface area contributed by atoms with Gasteiger partial charge in [0.2, 0.25) is 6.10 Å². The number of anilines is 1. The van der Waals surface area contributed by atoms with E-state index in [1.807, 2.05) is 26.8 Å². The molecule has 0 aliphatic carbocycles. The van der Waals surface area contributed by atoms with Crippen molar-refractivity contribution in [3.8, 4) is 5.75 Å². The van der Waals surface area contributed by atoms with E-state index in [-0.39, 0.29) is 22.6 Å². The van der Waals surface area contributed by atoms with Crippen molar-refractivity contribution in [3.05, 3.63) is 54.1 Å². The minimum Gasteiger partial charge on any atom is -0.478 e. The largest absolute Gasteiger partial charge is 0.478 e. The minimum absolute atomic E-state index is 0.109. The van der Waals surface area contributed by atoms with Crippen LogP contribution >= 0.6 is 0 Å². The molecule has 6 nitrogen and oxygen atoms in total. The van der Waals surface area contributed by atoms with Crippen LogP contribution in [-0.4, -0.2) is 32.1 Å². The van der Waals surface area contributed by atoms with Crippen molar-refractivity contribution in [1.82, 2.24) is 0 Å². The SMILES string of the molecule is CC(C)(C)c1ccc2c(c1)N(S(=O)(=O)c1ccccc1)C[C@@H](C(=O)O)O2. The van der Waals surface area contributed by atoms with Crippen molar-refractivity contribution in [1.29, 1.82) is 0 Å². The van der Waals surface area contributed by atoms with E-state index in [1.54, 1.807) is 30.3 Å². The van der Waals surface area contributed by atoms with Gasteiger partial charge in [0.05, 0.1) is 17.1 Å². The third-order valence-electron chi connectivity index (χ3n) is 4.30. The number of carboxylic acid groups (broad SMARTS) is 1. The number of hydrogen-bond donors (Lipinski definition) is 1. The molecule has 0 fully saturated rings. The van der Waals surface area contributed by atoms with Crippen LogP contribution < -0.4 is 9.04 Å². The van der Waals surface area contributed by atoms with Gasteiger partial charge in [-0.25, -0.2) is 13.2 Å². The summed E-state index contributed by atoms with van der Waals surface area (Å²) in [6.07, 6.45) is -1.26. The summed E-state index contributed by atoms with van der Waals surface area (Å²) in [6, 6.07) is 13.2. The molecule has 0 spiro atoms. The minimum atomic E-state index is -3.91. The predicted octanol–water partition coefficient (Wildman–Crippen LogP) is 3.03. The molecule has 2 aromatic rings. The number of rotatable bonds is 3. The molecule has 26 heavy (non-hydrogen) atoms. The second kappa shape index (κ2) is 6.32. The van der Waals surface area contributed by atoms with Gasteiger partial charge in [0.15, 0.2) is 0 Å². The van der Waals surface area contributed by atoms with Crippen LogP contribution in [0.3, 0.4) is 0 Å². The Labute approximate surface area is 153 Å². The molecule has 138 valence electrons. The lowest BCUT2D eigenvalue weighted by Gasteiger charge is -2.35. The number of sulfonamides is 1. The number of fused-ring (bicyclic) bond motifs is 1. The van der Waals surface area contributed by atoms with Gasteiger partial charge in [-0.3, -0.25) is 4.31 Å². The fourth-order valence-electron chi connectivity index (χ4n) is 2.79. The molecule has 7 heteroatoms. The Morgan fingerprint density at radius 1 is 1.15 bits per heavy atom. The van der Waals surface area contributed by atoms with E-state index in [9.17, 15) is 18.3 Å². The highest BCUT2D eigenvalue weighted by Gasteiger charge is 2.38. The van der Waals surface area contributed by atoms with E-state index in [4.69, 9.17) is 4.74 Å². The van der Waals surface area contributed by atoms with Crippen molar-refractivity contribution < 1.29 is 23.1 Å². The van der Waals surface area contributed by atoms with Crippen molar-refractivity contribution in [2.75, 3.05) is 10.8 Å². The molecule has 0 radical (unpaired) electrons. The standard InChI is InChI=1S/C19H21NO5S/c1-19(2,3)13-9-10-16-15(11-13)20(12-17(25-16)18(21)22)26(23,24)14-7-5-4-6-8-14/h4-11,17H,12H2,1-3H3,(H,21,22)/t17-/m0/s1. The summed E-state index contributed by atoms with van der Waals surface area (Å²) in [5.41, 5.74) is 1.10. The average molecular weight is 375 g/mol. The van der Waals surface area contributed by atoms with Gasteiger partial charge in [0.1, 0.15) is 5.75 Å². The van der Waals surface area contributed by atoms with Crippen LogP contribution in [0.4, 0.5) is 5.69 Å². The second-order valence-electron chi connectivity index (χ2n) is 7.23. The quantitative estimate of drug-likeness (QED) is 0.891. The van der Waals surface area contributed by atoms with Gasteiger partial charge in [-0.1, -0.05) is 45.0 Å². The molecule has 0 saturated carbocycles. The molecule has 3 rings (SSSR count). The van der Waals surface area contributed by atoms with E-state index in [0.717, 1.165) is 9.87 Å². The van der Waals surface area contributed by atoms with Gasteiger partial charge in [-0.05, 0) is 35.2 Å². The number of hydrogen-bond acceptors (Lipinski definition) is 4. The number of benzene rings is 2. The monoisotopic (exact) mass is 375 g/mol. The van der Waals surface area contributed by atoms with E-state index in [0.29, 0.717) is 5.69 Å². The molecule has 0 saturated heterocycles. The van der Waals surface area contributed by atoms with Gasteiger partial charge in [0.25, 0.3) is 10.0 Å². The molecule has 0 unspecified atom stereocenters. The summed E-state index contributed by atoms with van der Waals surface area (Å²) in [5.74, 6) is -0.958. The van der Waals surface area contributed by atoms with Crippen LogP contribution in [0.5, 0.6) is 5.75 Å². The fourth-order valence-corrected chi connectivity index (χ4v) is 4.28. The lowest BCUT2D eigenvalue weighted by molar-refractivity contribution is -0.144. The smallest absolute Gasteiger partial charge is 0.346 e. The summed E-state index contributed by atoms with van der Waals surface area (Å²) < 4.78 is 33.0. The first-order chi connectivity index (χ1) is 12.1. The van der Waals surface area contributed by atoms with Crippen LogP contribution in [0, 0.1) is 0 Å². The number of carboxylic acids is 1. The highest BCUT2D eigenvalue weighted by molar-refractivity contribution is 7.92. The topological polar surface area (TPSA) is 83.9 Å². The maximum atomic E-state index is 13.2. The Bertz CT molecular complexity index is 932. The van der Waals surface area contributed by atoms with E-state index in [2.05, 4.69) is 0 Å². The van der Waals surface area contributed by atoms with Gasteiger partial charge in [-0.2, -0.15) is 0 Å². The van der Waals surface area contributed by atoms with Crippen molar-refractivity contribution in [2.45, 2.75) is 37.2 Å². The molecule has 1 aliphatic heterocycles. The highest BCUT2D eigenvalue weighted by Crippen LogP contribution is 2.40. The van der Waals surface area contributed by atoms with Crippen molar-refractivity contribution in [3.63, 3.8) is 0 Å². The first-order valence-electron chi connectivity index (χ1n) is 8.22. The molecule has 1 atom stereocenters. The number of carbonyl (C=O) groups is 1. The van der Waals surface area contributed by atoms with Gasteiger partial charge < -0.3 is 9.84 Å². The normalized spacial score (nSPS) is 17.3. The van der Waals surface area contributed by atoms with Gasteiger partial charge in [0, 0.05) is 0 Å². The molecule has 1 N–H and O–H groups in total. The summed E-state index contributed by atoms with van der Waals surface area (Å²) in [6.45, 7) is 5.78. The average Bonchev–Trinajstić information content (AvgIpc) is 2.60. The van der Waals surface area contributed by atoms with E-state index < -0.39 is 22.1 Å². The maximum Gasteiger partial charge on any atom is 0.346 e. The van der Waals surface area contributed by atoms with Crippen LogP contribution in [-0.2, 0) is 20.2 Å². The number of nitrogens with zero attached hydrogens (tertiary/aromatic N) is 1. The van der Waals surface area contributed by atoms with Crippen molar-refractivity contribution >= 4 is 21.7 Å². The third-order valence-corrected chi connectivity index (χ3v) is 6.10. The molecule has 0 bridgehead atoms. The molecular formula is C19H21NO5S. The zero-order chi connectivity index (χ0) is 19.1. The lowest BCUT2D eigenvalue weighted by atomic mass is 9.86. The second-order valence-corrected chi connectivity index (χ2v) is 9.09. The first-order valence-corrected chi connectivity index (χ1v) is 9.66. The Morgan fingerprint density at radius 3 is 2.38 bits per heavy atom.